The molecule has 0 saturated heterocycles. The Morgan fingerprint density at radius 2 is 2.25 bits per heavy atom. The van der Waals surface area contributed by atoms with Crippen molar-refractivity contribution in [3.05, 3.63) is 47.5 Å². The van der Waals surface area contributed by atoms with Crippen LogP contribution >= 0.6 is 0 Å². The lowest BCUT2D eigenvalue weighted by Gasteiger charge is -2.23. The van der Waals surface area contributed by atoms with Gasteiger partial charge in [-0.05, 0) is 38.0 Å². The van der Waals surface area contributed by atoms with E-state index in [9.17, 15) is 15.0 Å². The largest absolute Gasteiger partial charge is 0.390 e. The lowest BCUT2D eigenvalue weighted by atomic mass is 9.95. The predicted molar refractivity (Wildman–Crippen MR) is 87.5 cm³/mol. The van der Waals surface area contributed by atoms with E-state index in [1.165, 1.54) is 0 Å². The summed E-state index contributed by atoms with van der Waals surface area (Å²) in [6.07, 6.45) is 1.86. The van der Waals surface area contributed by atoms with Crippen molar-refractivity contribution in [2.45, 2.75) is 51.0 Å². The van der Waals surface area contributed by atoms with Crippen molar-refractivity contribution in [2.24, 2.45) is 0 Å². The molecular formula is C17H22N4O3. The second-order valence-corrected chi connectivity index (χ2v) is 6.17. The number of aryl methyl sites for hydroxylation is 2. The van der Waals surface area contributed by atoms with E-state index in [1.807, 2.05) is 19.9 Å². The first-order valence-corrected chi connectivity index (χ1v) is 8.12. The third-order valence-electron chi connectivity index (χ3n) is 4.54. The molecule has 1 saturated carbocycles. The van der Waals surface area contributed by atoms with E-state index >= 15 is 0 Å². The number of pyridine rings is 1. The van der Waals surface area contributed by atoms with Gasteiger partial charge < -0.3 is 15.5 Å². The molecule has 3 rings (SSSR count). The maximum Gasteiger partial charge on any atom is 0.269 e. The van der Waals surface area contributed by atoms with Crippen molar-refractivity contribution in [2.75, 3.05) is 0 Å². The molecule has 128 valence electrons. The summed E-state index contributed by atoms with van der Waals surface area (Å²) in [6.45, 7) is 4.32. The highest BCUT2D eigenvalue weighted by Crippen LogP contribution is 2.35. The molecule has 24 heavy (non-hydrogen) atoms. The second kappa shape index (κ2) is 6.70. The zero-order valence-electron chi connectivity index (χ0n) is 13.8. The minimum atomic E-state index is -1.02. The number of aromatic nitrogens is 3. The Bertz CT molecular complexity index is 716. The fourth-order valence-corrected chi connectivity index (χ4v) is 3.34. The Kier molecular flexibility index (Phi) is 4.64. The van der Waals surface area contributed by atoms with E-state index < -0.39 is 18.2 Å². The summed E-state index contributed by atoms with van der Waals surface area (Å²) >= 11 is 0. The van der Waals surface area contributed by atoms with Crippen molar-refractivity contribution in [1.82, 2.24) is 20.1 Å². The molecule has 1 fully saturated rings. The quantitative estimate of drug-likeness (QED) is 0.763. The average molecular weight is 330 g/mol. The van der Waals surface area contributed by atoms with Crippen molar-refractivity contribution in [3.63, 3.8) is 0 Å². The Morgan fingerprint density at radius 3 is 2.92 bits per heavy atom. The zero-order chi connectivity index (χ0) is 17.3. The molecule has 3 N–H and O–H groups in total. The van der Waals surface area contributed by atoms with E-state index in [2.05, 4.69) is 15.4 Å². The lowest BCUT2D eigenvalue weighted by Crippen LogP contribution is -2.45. The summed E-state index contributed by atoms with van der Waals surface area (Å²) in [5.74, 6) is -0.490. The van der Waals surface area contributed by atoms with Gasteiger partial charge in [-0.25, -0.2) is 0 Å². The van der Waals surface area contributed by atoms with Gasteiger partial charge in [0.15, 0.2) is 0 Å². The van der Waals surface area contributed by atoms with Crippen LogP contribution in [-0.2, 0) is 6.54 Å². The maximum absolute atomic E-state index is 12.6. The van der Waals surface area contributed by atoms with Crippen LogP contribution < -0.4 is 5.32 Å². The third-order valence-corrected chi connectivity index (χ3v) is 4.54. The predicted octanol–water partition coefficient (Wildman–Crippen LogP) is 0.614. The number of carbonyl (C=O) groups is 1. The van der Waals surface area contributed by atoms with E-state index in [0.29, 0.717) is 18.7 Å². The Labute approximate surface area is 140 Å². The summed E-state index contributed by atoms with van der Waals surface area (Å²) in [5.41, 5.74) is 2.10. The van der Waals surface area contributed by atoms with Crippen LogP contribution in [0.1, 0.15) is 41.0 Å². The van der Waals surface area contributed by atoms with Crippen LogP contribution in [0.2, 0.25) is 0 Å². The second-order valence-electron chi connectivity index (χ2n) is 6.17. The molecule has 2 heterocycles. The Hall–Kier alpha value is -2.25. The van der Waals surface area contributed by atoms with Gasteiger partial charge in [-0.3, -0.25) is 14.5 Å². The van der Waals surface area contributed by atoms with Crippen LogP contribution in [0.25, 0.3) is 0 Å². The highest BCUT2D eigenvalue weighted by atomic mass is 16.3. The summed E-state index contributed by atoms with van der Waals surface area (Å²) < 4.78 is 1.63. The molecule has 0 spiro atoms. The van der Waals surface area contributed by atoms with Crippen LogP contribution in [0.3, 0.4) is 0 Å². The van der Waals surface area contributed by atoms with Gasteiger partial charge in [0.05, 0.1) is 17.8 Å². The summed E-state index contributed by atoms with van der Waals surface area (Å²) in [7, 11) is 0. The van der Waals surface area contributed by atoms with Crippen LogP contribution in [0, 0.1) is 6.92 Å². The third kappa shape index (κ3) is 3.05. The fourth-order valence-electron chi connectivity index (χ4n) is 3.34. The number of aliphatic hydroxyl groups excluding tert-OH is 2. The number of hydrogen-bond donors (Lipinski definition) is 3. The molecule has 0 bridgehead atoms. The minimum absolute atomic E-state index is 0.188. The average Bonchev–Trinajstić information content (AvgIpc) is 3.10. The molecule has 4 unspecified atom stereocenters. The number of amides is 1. The van der Waals surface area contributed by atoms with Gasteiger partial charge in [-0.1, -0.05) is 6.07 Å². The maximum atomic E-state index is 12.6. The van der Waals surface area contributed by atoms with Crippen LogP contribution in [0.5, 0.6) is 0 Å². The van der Waals surface area contributed by atoms with E-state index in [4.69, 9.17) is 0 Å². The monoisotopic (exact) mass is 330 g/mol. The molecule has 2 aromatic rings. The van der Waals surface area contributed by atoms with Crippen LogP contribution in [-0.4, -0.2) is 49.1 Å². The number of nitrogens with one attached hydrogen (secondary N) is 1. The van der Waals surface area contributed by atoms with Crippen molar-refractivity contribution in [3.8, 4) is 0 Å². The Morgan fingerprint density at radius 1 is 1.46 bits per heavy atom. The number of hydrogen-bond acceptors (Lipinski definition) is 5. The van der Waals surface area contributed by atoms with Gasteiger partial charge in [0.2, 0.25) is 0 Å². The minimum Gasteiger partial charge on any atom is -0.390 e. The molecule has 1 aliphatic rings. The topological polar surface area (TPSA) is 100 Å². The summed E-state index contributed by atoms with van der Waals surface area (Å²) in [5, 5.41) is 27.5. The zero-order valence-corrected chi connectivity index (χ0v) is 13.8. The molecule has 0 aromatic carbocycles. The molecule has 1 aliphatic carbocycles. The van der Waals surface area contributed by atoms with E-state index in [1.54, 1.807) is 29.2 Å². The number of nitrogens with zero attached hydrogens (tertiary/aromatic N) is 3. The van der Waals surface area contributed by atoms with Gasteiger partial charge in [-0.2, -0.15) is 5.10 Å². The molecule has 2 aromatic heterocycles. The lowest BCUT2D eigenvalue weighted by molar-refractivity contribution is 0.0293. The fraction of sp³-hybridized carbons (Fsp3) is 0.471. The van der Waals surface area contributed by atoms with Gasteiger partial charge in [0.1, 0.15) is 11.8 Å². The van der Waals surface area contributed by atoms with Gasteiger partial charge in [0, 0.05) is 24.9 Å². The van der Waals surface area contributed by atoms with Crippen molar-refractivity contribution < 1.29 is 15.0 Å². The molecule has 1 amide bonds. The first-order chi connectivity index (χ1) is 11.5. The van der Waals surface area contributed by atoms with Gasteiger partial charge in [-0.15, -0.1) is 0 Å². The molecular weight excluding hydrogens is 308 g/mol. The molecule has 0 radical (unpaired) electrons. The molecule has 7 heteroatoms. The molecule has 0 aliphatic heterocycles. The highest BCUT2D eigenvalue weighted by molar-refractivity contribution is 5.93. The molecule has 4 atom stereocenters. The normalized spacial score (nSPS) is 26.5. The highest BCUT2D eigenvalue weighted by Gasteiger charge is 2.43. The standard InChI is InChI=1S/C17H22N4O3/c1-3-21-13(7-10(2)20-21)17(24)19-15-12(8-14(22)16(15)23)11-5-4-6-18-9-11/h4-7,9,12,14-16,22-23H,3,8H2,1-2H3,(H,19,24). The smallest absolute Gasteiger partial charge is 0.269 e. The first-order valence-electron chi connectivity index (χ1n) is 8.12. The number of aliphatic hydroxyl groups is 2. The van der Waals surface area contributed by atoms with Gasteiger partial charge in [0.25, 0.3) is 5.91 Å². The number of rotatable bonds is 4. The summed E-state index contributed by atoms with van der Waals surface area (Å²) in [6, 6.07) is 4.84. The van der Waals surface area contributed by atoms with E-state index in [0.717, 1.165) is 11.3 Å². The summed E-state index contributed by atoms with van der Waals surface area (Å²) in [4.78, 5) is 16.7. The van der Waals surface area contributed by atoms with Gasteiger partial charge >= 0.3 is 0 Å². The SMILES string of the molecule is CCn1nc(C)cc1C(=O)NC1C(c2cccnc2)CC(O)C1O. The number of carbonyl (C=O) groups excluding carboxylic acids is 1. The molecule has 7 nitrogen and oxygen atoms in total. The van der Waals surface area contributed by atoms with Crippen LogP contribution in [0.15, 0.2) is 30.6 Å². The van der Waals surface area contributed by atoms with Crippen LogP contribution in [0.4, 0.5) is 0 Å². The van der Waals surface area contributed by atoms with Crippen molar-refractivity contribution in [1.29, 1.82) is 0 Å². The van der Waals surface area contributed by atoms with Crippen molar-refractivity contribution >= 4 is 5.91 Å². The Balaban J connectivity index is 1.84. The first kappa shape index (κ1) is 16.6. The van der Waals surface area contributed by atoms with E-state index in [-0.39, 0.29) is 11.8 Å².